The molecule has 3 aromatic rings. The standard InChI is InChI=1S/C26H31N3O4/c1-16(2)19-13-20(17(3)4)24(31)21(14-19)26(32)33-15-22(30)28-23(18-9-7-6-8-10-18)25-27-11-12-29(25)5/h6-14,16-17,23,31H,15H2,1-5H3,(H,28,30). The number of benzene rings is 2. The second-order valence-corrected chi connectivity index (χ2v) is 8.70. The molecule has 0 saturated carbocycles. The van der Waals surface area contributed by atoms with Gasteiger partial charge in [0.05, 0.1) is 0 Å². The minimum atomic E-state index is -0.736. The van der Waals surface area contributed by atoms with Crippen LogP contribution in [0.15, 0.2) is 54.9 Å². The average molecular weight is 450 g/mol. The fourth-order valence-electron chi connectivity index (χ4n) is 3.62. The number of aromatic hydroxyl groups is 1. The number of aryl methyl sites for hydroxylation is 1. The number of phenols is 1. The van der Waals surface area contributed by atoms with E-state index in [9.17, 15) is 14.7 Å². The summed E-state index contributed by atoms with van der Waals surface area (Å²) in [5.41, 5.74) is 2.53. The molecule has 0 bridgehead atoms. The van der Waals surface area contributed by atoms with Crippen LogP contribution in [0.1, 0.15) is 78.4 Å². The van der Waals surface area contributed by atoms with E-state index in [-0.39, 0.29) is 23.1 Å². The maximum absolute atomic E-state index is 12.8. The zero-order valence-corrected chi connectivity index (χ0v) is 19.7. The first-order valence-corrected chi connectivity index (χ1v) is 11.0. The molecule has 0 radical (unpaired) electrons. The van der Waals surface area contributed by atoms with Gasteiger partial charge < -0.3 is 19.7 Å². The number of phenolic OH excluding ortho intramolecular Hbond substituents is 1. The Bertz CT molecular complexity index is 1120. The van der Waals surface area contributed by atoms with E-state index >= 15 is 0 Å². The van der Waals surface area contributed by atoms with Gasteiger partial charge in [-0.3, -0.25) is 4.79 Å². The predicted octanol–water partition coefficient (Wildman–Crippen LogP) is 4.44. The number of nitrogens with one attached hydrogen (secondary N) is 1. The van der Waals surface area contributed by atoms with Gasteiger partial charge in [-0.25, -0.2) is 9.78 Å². The second-order valence-electron chi connectivity index (χ2n) is 8.70. The Morgan fingerprint density at radius 2 is 1.76 bits per heavy atom. The molecule has 7 heteroatoms. The van der Waals surface area contributed by atoms with E-state index in [0.29, 0.717) is 11.4 Å². The lowest BCUT2D eigenvalue weighted by atomic mass is 9.92. The van der Waals surface area contributed by atoms with E-state index in [1.54, 1.807) is 18.5 Å². The van der Waals surface area contributed by atoms with Crippen LogP contribution in [0.5, 0.6) is 5.75 Å². The molecular weight excluding hydrogens is 418 g/mol. The molecule has 7 nitrogen and oxygen atoms in total. The SMILES string of the molecule is CC(C)c1cc(C(=O)OCC(=O)NC(c2ccccc2)c2nccn2C)c(O)c(C(C)C)c1. The first-order valence-electron chi connectivity index (χ1n) is 11.0. The van der Waals surface area contributed by atoms with Crippen molar-refractivity contribution in [2.75, 3.05) is 6.61 Å². The maximum Gasteiger partial charge on any atom is 0.342 e. The third kappa shape index (κ3) is 5.61. The van der Waals surface area contributed by atoms with Crippen molar-refractivity contribution in [3.8, 4) is 5.75 Å². The normalized spacial score (nSPS) is 12.1. The van der Waals surface area contributed by atoms with Crippen LogP contribution in [0.4, 0.5) is 0 Å². The van der Waals surface area contributed by atoms with Gasteiger partial charge in [0.2, 0.25) is 0 Å². The molecule has 0 fully saturated rings. The molecule has 0 aliphatic heterocycles. The van der Waals surface area contributed by atoms with Crippen molar-refractivity contribution in [2.24, 2.45) is 7.05 Å². The van der Waals surface area contributed by atoms with E-state index in [2.05, 4.69) is 10.3 Å². The molecule has 1 amide bonds. The Morgan fingerprint density at radius 3 is 2.33 bits per heavy atom. The Balaban J connectivity index is 1.76. The Labute approximate surface area is 194 Å². The van der Waals surface area contributed by atoms with Gasteiger partial charge in [-0.1, -0.05) is 64.1 Å². The van der Waals surface area contributed by atoms with Crippen molar-refractivity contribution < 1.29 is 19.4 Å². The molecule has 0 spiro atoms. The number of imidazole rings is 1. The monoisotopic (exact) mass is 449 g/mol. The number of hydrogen-bond acceptors (Lipinski definition) is 5. The van der Waals surface area contributed by atoms with Crippen LogP contribution in [-0.2, 0) is 16.6 Å². The molecule has 1 unspecified atom stereocenters. The summed E-state index contributed by atoms with van der Waals surface area (Å²) in [7, 11) is 1.85. The van der Waals surface area contributed by atoms with Gasteiger partial charge in [-0.2, -0.15) is 0 Å². The average Bonchev–Trinajstić information content (AvgIpc) is 3.21. The van der Waals surface area contributed by atoms with Crippen molar-refractivity contribution in [3.63, 3.8) is 0 Å². The van der Waals surface area contributed by atoms with Crippen molar-refractivity contribution in [2.45, 2.75) is 45.6 Å². The lowest BCUT2D eigenvalue weighted by molar-refractivity contribution is -0.124. The number of ether oxygens (including phenoxy) is 1. The summed E-state index contributed by atoms with van der Waals surface area (Å²) in [5, 5.41) is 13.5. The van der Waals surface area contributed by atoms with Gasteiger partial charge in [0, 0.05) is 19.4 Å². The number of carbonyl (C=O) groups excluding carboxylic acids is 2. The minimum absolute atomic E-state index is 0.0305. The molecule has 0 aliphatic carbocycles. The van der Waals surface area contributed by atoms with Crippen LogP contribution in [-0.4, -0.2) is 33.1 Å². The van der Waals surface area contributed by atoms with Crippen molar-refractivity contribution in [1.29, 1.82) is 0 Å². The summed E-state index contributed by atoms with van der Waals surface area (Å²) in [6.45, 7) is 7.45. The van der Waals surface area contributed by atoms with E-state index in [1.807, 2.05) is 75.7 Å². The largest absolute Gasteiger partial charge is 0.507 e. The molecule has 1 heterocycles. The van der Waals surface area contributed by atoms with Crippen molar-refractivity contribution in [3.05, 3.63) is 82.9 Å². The lowest BCUT2D eigenvalue weighted by Crippen LogP contribution is -2.34. The molecule has 2 aromatic carbocycles. The zero-order valence-electron chi connectivity index (χ0n) is 19.7. The molecule has 0 saturated heterocycles. The van der Waals surface area contributed by atoms with E-state index < -0.39 is 24.5 Å². The predicted molar refractivity (Wildman–Crippen MR) is 126 cm³/mol. The first kappa shape index (κ1) is 24.0. The Kier molecular flexibility index (Phi) is 7.53. The number of rotatable bonds is 8. The summed E-state index contributed by atoms with van der Waals surface area (Å²) in [6, 6.07) is 12.5. The van der Waals surface area contributed by atoms with Gasteiger partial charge in [-0.05, 0) is 34.6 Å². The van der Waals surface area contributed by atoms with E-state index in [0.717, 1.165) is 11.1 Å². The van der Waals surface area contributed by atoms with Gasteiger partial charge in [0.1, 0.15) is 23.2 Å². The van der Waals surface area contributed by atoms with Crippen LogP contribution < -0.4 is 5.32 Å². The van der Waals surface area contributed by atoms with E-state index in [1.165, 1.54) is 0 Å². The molecule has 1 aromatic heterocycles. The van der Waals surface area contributed by atoms with Gasteiger partial charge >= 0.3 is 5.97 Å². The smallest absolute Gasteiger partial charge is 0.342 e. The van der Waals surface area contributed by atoms with Crippen LogP contribution in [0.3, 0.4) is 0 Å². The molecule has 1 atom stereocenters. The molecule has 33 heavy (non-hydrogen) atoms. The highest BCUT2D eigenvalue weighted by Gasteiger charge is 2.23. The molecule has 0 aliphatic rings. The fraction of sp³-hybridized carbons (Fsp3) is 0.346. The van der Waals surface area contributed by atoms with Gasteiger partial charge in [-0.15, -0.1) is 0 Å². The minimum Gasteiger partial charge on any atom is -0.507 e. The molecule has 174 valence electrons. The summed E-state index contributed by atoms with van der Waals surface area (Å²) < 4.78 is 7.11. The number of nitrogens with zero attached hydrogens (tertiary/aromatic N) is 2. The number of hydrogen-bond donors (Lipinski definition) is 2. The zero-order chi connectivity index (χ0) is 24.1. The lowest BCUT2D eigenvalue weighted by Gasteiger charge is -2.19. The first-order chi connectivity index (χ1) is 15.7. The topological polar surface area (TPSA) is 93.5 Å². The van der Waals surface area contributed by atoms with Gasteiger partial charge in [0.25, 0.3) is 5.91 Å². The number of amides is 1. The molecule has 2 N–H and O–H groups in total. The summed E-state index contributed by atoms with van der Waals surface area (Å²) in [6.07, 6.45) is 3.46. The highest BCUT2D eigenvalue weighted by Crippen LogP contribution is 2.33. The maximum atomic E-state index is 12.8. The number of carbonyl (C=O) groups is 2. The number of esters is 1. The van der Waals surface area contributed by atoms with Crippen LogP contribution >= 0.6 is 0 Å². The molecular formula is C26H31N3O4. The second kappa shape index (κ2) is 10.3. The fourth-order valence-corrected chi connectivity index (χ4v) is 3.62. The van der Waals surface area contributed by atoms with Crippen LogP contribution in [0.25, 0.3) is 0 Å². The summed E-state index contributed by atoms with van der Waals surface area (Å²) in [5.74, 6) is -0.450. The third-order valence-electron chi connectivity index (χ3n) is 5.56. The third-order valence-corrected chi connectivity index (χ3v) is 5.56. The summed E-state index contributed by atoms with van der Waals surface area (Å²) in [4.78, 5) is 29.9. The van der Waals surface area contributed by atoms with Crippen LogP contribution in [0, 0.1) is 0 Å². The van der Waals surface area contributed by atoms with E-state index in [4.69, 9.17) is 4.74 Å². The van der Waals surface area contributed by atoms with Crippen molar-refractivity contribution >= 4 is 11.9 Å². The highest BCUT2D eigenvalue weighted by atomic mass is 16.5. The summed E-state index contributed by atoms with van der Waals surface area (Å²) >= 11 is 0. The molecule has 3 rings (SSSR count). The quantitative estimate of drug-likeness (QED) is 0.496. The number of aromatic nitrogens is 2. The van der Waals surface area contributed by atoms with Gasteiger partial charge in [0.15, 0.2) is 6.61 Å². The highest BCUT2D eigenvalue weighted by molar-refractivity contribution is 5.94. The van der Waals surface area contributed by atoms with Crippen LogP contribution in [0.2, 0.25) is 0 Å². The Hall–Kier alpha value is -3.61. The Morgan fingerprint density at radius 1 is 1.06 bits per heavy atom. The van der Waals surface area contributed by atoms with Crippen molar-refractivity contribution in [1.82, 2.24) is 14.9 Å².